The van der Waals surface area contributed by atoms with Crippen molar-refractivity contribution in [2.45, 2.75) is 18.3 Å². The second kappa shape index (κ2) is 8.23. The Hall–Kier alpha value is -2.26. The SMILES string of the molecule is Cc1ccc2nnc(SCCN3CCN(c4cccc(C(F)(F)F)c4)CC3)n2c1. The van der Waals surface area contributed by atoms with Crippen molar-refractivity contribution < 1.29 is 13.2 Å². The number of benzene rings is 1. The van der Waals surface area contributed by atoms with Crippen molar-refractivity contribution in [1.82, 2.24) is 19.5 Å². The highest BCUT2D eigenvalue weighted by atomic mass is 32.2. The number of halogens is 3. The predicted molar refractivity (Wildman–Crippen MR) is 109 cm³/mol. The van der Waals surface area contributed by atoms with Crippen molar-refractivity contribution in [2.24, 2.45) is 0 Å². The zero-order valence-corrected chi connectivity index (χ0v) is 16.9. The Bertz CT molecular complexity index is 980. The third-order valence-corrected chi connectivity index (χ3v) is 5.99. The Morgan fingerprint density at radius 2 is 1.83 bits per heavy atom. The van der Waals surface area contributed by atoms with Crippen molar-refractivity contribution in [3.05, 3.63) is 53.7 Å². The molecule has 154 valence electrons. The van der Waals surface area contributed by atoms with Gasteiger partial charge in [-0.25, -0.2) is 0 Å². The lowest BCUT2D eigenvalue weighted by Crippen LogP contribution is -2.47. The second-order valence-corrected chi connectivity index (χ2v) is 8.20. The average molecular weight is 421 g/mol. The number of aromatic nitrogens is 3. The Morgan fingerprint density at radius 3 is 2.59 bits per heavy atom. The van der Waals surface area contributed by atoms with E-state index in [1.54, 1.807) is 17.8 Å². The molecule has 3 heterocycles. The molecule has 0 N–H and O–H groups in total. The number of thioether (sulfide) groups is 1. The van der Waals surface area contributed by atoms with Gasteiger partial charge in [0.05, 0.1) is 5.56 Å². The van der Waals surface area contributed by atoms with Gasteiger partial charge in [0.15, 0.2) is 10.8 Å². The summed E-state index contributed by atoms with van der Waals surface area (Å²) in [6.07, 6.45) is -2.27. The van der Waals surface area contributed by atoms with Crippen molar-refractivity contribution in [2.75, 3.05) is 43.4 Å². The summed E-state index contributed by atoms with van der Waals surface area (Å²) >= 11 is 1.67. The third-order valence-electron chi connectivity index (χ3n) is 5.07. The molecule has 9 heteroatoms. The van der Waals surface area contributed by atoms with Crippen LogP contribution in [0.15, 0.2) is 47.8 Å². The van der Waals surface area contributed by atoms with E-state index in [2.05, 4.69) is 15.1 Å². The molecule has 0 radical (unpaired) electrons. The van der Waals surface area contributed by atoms with Gasteiger partial charge in [-0.1, -0.05) is 23.9 Å². The Labute approximate surface area is 171 Å². The summed E-state index contributed by atoms with van der Waals surface area (Å²) in [4.78, 5) is 4.36. The number of hydrogen-bond acceptors (Lipinski definition) is 5. The summed E-state index contributed by atoms with van der Waals surface area (Å²) in [6.45, 7) is 6.05. The zero-order valence-electron chi connectivity index (χ0n) is 16.1. The molecule has 0 saturated carbocycles. The summed E-state index contributed by atoms with van der Waals surface area (Å²) in [5.41, 5.74) is 2.04. The number of fused-ring (bicyclic) bond motifs is 1. The molecule has 5 nitrogen and oxygen atoms in total. The fraction of sp³-hybridized carbons (Fsp3) is 0.400. The van der Waals surface area contributed by atoms with Crippen molar-refractivity contribution in [3.63, 3.8) is 0 Å². The topological polar surface area (TPSA) is 36.7 Å². The van der Waals surface area contributed by atoms with Crippen LogP contribution >= 0.6 is 11.8 Å². The van der Waals surface area contributed by atoms with Crippen LogP contribution in [0.5, 0.6) is 0 Å². The lowest BCUT2D eigenvalue weighted by molar-refractivity contribution is -0.137. The molecule has 1 aliphatic heterocycles. The normalized spacial score (nSPS) is 15.9. The van der Waals surface area contributed by atoms with E-state index in [-0.39, 0.29) is 0 Å². The minimum absolute atomic E-state index is 0.593. The zero-order chi connectivity index (χ0) is 20.4. The Balaban J connectivity index is 1.29. The molecule has 1 saturated heterocycles. The lowest BCUT2D eigenvalue weighted by Gasteiger charge is -2.36. The highest BCUT2D eigenvalue weighted by molar-refractivity contribution is 7.99. The van der Waals surface area contributed by atoms with E-state index in [1.165, 1.54) is 12.1 Å². The molecule has 1 fully saturated rings. The molecule has 0 amide bonds. The number of pyridine rings is 1. The molecule has 0 atom stereocenters. The van der Waals surface area contributed by atoms with Gasteiger partial charge in [-0.15, -0.1) is 10.2 Å². The summed E-state index contributed by atoms with van der Waals surface area (Å²) in [5.74, 6) is 0.887. The van der Waals surface area contributed by atoms with Crippen LogP contribution in [0.25, 0.3) is 5.65 Å². The maximum absolute atomic E-state index is 12.9. The third kappa shape index (κ3) is 4.67. The van der Waals surface area contributed by atoms with Crippen molar-refractivity contribution in [1.29, 1.82) is 0 Å². The van der Waals surface area contributed by atoms with E-state index < -0.39 is 11.7 Å². The largest absolute Gasteiger partial charge is 0.416 e. The van der Waals surface area contributed by atoms with Gasteiger partial charge in [-0.3, -0.25) is 9.30 Å². The number of alkyl halides is 3. The van der Waals surface area contributed by atoms with Crippen LogP contribution in [0, 0.1) is 6.92 Å². The molecule has 3 aromatic rings. The number of piperazine rings is 1. The molecular formula is C20H22F3N5S. The first kappa shape index (κ1) is 20.0. The predicted octanol–water partition coefficient (Wildman–Crippen LogP) is 3.97. The molecule has 1 aliphatic rings. The van der Waals surface area contributed by atoms with Gasteiger partial charge in [0.2, 0.25) is 0 Å². The van der Waals surface area contributed by atoms with Crippen LogP contribution in [-0.2, 0) is 6.18 Å². The van der Waals surface area contributed by atoms with E-state index in [1.807, 2.05) is 34.6 Å². The monoisotopic (exact) mass is 421 g/mol. The molecule has 0 aliphatic carbocycles. The average Bonchev–Trinajstić information content (AvgIpc) is 3.10. The molecule has 2 aromatic heterocycles. The molecule has 0 bridgehead atoms. The molecule has 0 spiro atoms. The van der Waals surface area contributed by atoms with Gasteiger partial charge in [-0.05, 0) is 36.8 Å². The van der Waals surface area contributed by atoms with Gasteiger partial charge in [0.25, 0.3) is 0 Å². The van der Waals surface area contributed by atoms with Gasteiger partial charge in [0, 0.05) is 50.4 Å². The number of hydrogen-bond donors (Lipinski definition) is 0. The van der Waals surface area contributed by atoms with E-state index >= 15 is 0 Å². The van der Waals surface area contributed by atoms with Gasteiger partial charge in [0.1, 0.15) is 0 Å². The molecular weight excluding hydrogens is 399 g/mol. The minimum Gasteiger partial charge on any atom is -0.369 e. The number of rotatable bonds is 5. The summed E-state index contributed by atoms with van der Waals surface area (Å²) in [7, 11) is 0. The number of nitrogens with zero attached hydrogens (tertiary/aromatic N) is 5. The number of anilines is 1. The lowest BCUT2D eigenvalue weighted by atomic mass is 10.1. The first-order valence-corrected chi connectivity index (χ1v) is 10.5. The smallest absolute Gasteiger partial charge is 0.369 e. The summed E-state index contributed by atoms with van der Waals surface area (Å²) in [6, 6.07) is 9.56. The van der Waals surface area contributed by atoms with Crippen LogP contribution in [0.3, 0.4) is 0 Å². The Morgan fingerprint density at radius 1 is 1.03 bits per heavy atom. The molecule has 1 aromatic carbocycles. The van der Waals surface area contributed by atoms with Crippen LogP contribution in [0.4, 0.5) is 18.9 Å². The first-order chi connectivity index (χ1) is 13.9. The van der Waals surface area contributed by atoms with Gasteiger partial charge < -0.3 is 4.90 Å². The maximum atomic E-state index is 12.9. The highest BCUT2D eigenvalue weighted by Gasteiger charge is 2.31. The molecule has 29 heavy (non-hydrogen) atoms. The van der Waals surface area contributed by atoms with E-state index in [4.69, 9.17) is 0 Å². The molecule has 4 rings (SSSR count). The highest BCUT2D eigenvalue weighted by Crippen LogP contribution is 2.32. The van der Waals surface area contributed by atoms with E-state index in [0.717, 1.165) is 60.9 Å². The van der Waals surface area contributed by atoms with Gasteiger partial charge >= 0.3 is 6.18 Å². The minimum atomic E-state index is -4.31. The second-order valence-electron chi connectivity index (χ2n) is 7.14. The van der Waals surface area contributed by atoms with Gasteiger partial charge in [-0.2, -0.15) is 13.2 Å². The van der Waals surface area contributed by atoms with Crippen molar-refractivity contribution >= 4 is 23.1 Å². The van der Waals surface area contributed by atoms with Crippen LogP contribution < -0.4 is 4.90 Å². The summed E-state index contributed by atoms with van der Waals surface area (Å²) < 4.78 is 40.8. The fourth-order valence-corrected chi connectivity index (χ4v) is 4.36. The fourth-order valence-electron chi connectivity index (χ4n) is 3.45. The molecule has 0 unspecified atom stereocenters. The van der Waals surface area contributed by atoms with Crippen molar-refractivity contribution in [3.8, 4) is 0 Å². The summed E-state index contributed by atoms with van der Waals surface area (Å²) in [5, 5.41) is 9.32. The van der Waals surface area contributed by atoms with Crippen LogP contribution in [0.1, 0.15) is 11.1 Å². The standard InChI is InChI=1S/C20H22F3N5S/c1-15-5-6-18-24-25-19(28(18)14-15)29-12-11-26-7-9-27(10-8-26)17-4-2-3-16(13-17)20(21,22)23/h2-6,13-14H,7-12H2,1H3. The maximum Gasteiger partial charge on any atom is 0.416 e. The quantitative estimate of drug-likeness (QED) is 0.583. The van der Waals surface area contributed by atoms with E-state index in [0.29, 0.717) is 5.69 Å². The van der Waals surface area contributed by atoms with Crippen LogP contribution in [0.2, 0.25) is 0 Å². The number of aryl methyl sites for hydroxylation is 1. The first-order valence-electron chi connectivity index (χ1n) is 9.49. The Kier molecular flexibility index (Phi) is 5.69. The van der Waals surface area contributed by atoms with Crippen LogP contribution in [-0.4, -0.2) is 58.0 Å². The van der Waals surface area contributed by atoms with E-state index in [9.17, 15) is 13.2 Å².